The lowest BCUT2D eigenvalue weighted by Crippen LogP contribution is -2.22. The Morgan fingerprint density at radius 1 is 1.12 bits per heavy atom. The van der Waals surface area contributed by atoms with Crippen molar-refractivity contribution in [1.82, 2.24) is 9.78 Å². The SMILES string of the molecule is CCOc1cc([C@H]2C(C#N)=C(N)Oc3c2c(C)nn3-c2ccccc2)ccc1OCC#N. The van der Waals surface area contributed by atoms with Gasteiger partial charge in [-0.25, -0.2) is 4.68 Å². The van der Waals surface area contributed by atoms with E-state index >= 15 is 0 Å². The van der Waals surface area contributed by atoms with Crippen molar-refractivity contribution in [2.45, 2.75) is 19.8 Å². The molecule has 0 aliphatic carbocycles. The van der Waals surface area contributed by atoms with Crippen LogP contribution in [-0.2, 0) is 0 Å². The standard InChI is InChI=1S/C24H21N5O3/c1-3-30-20-13-16(9-10-19(20)31-12-11-25)22-18(14-26)23(27)32-24-21(22)15(2)28-29(24)17-7-5-4-6-8-17/h4-10,13,22H,3,12,27H2,1-2H3/t22-/m0/s1. The molecule has 1 aromatic heterocycles. The highest BCUT2D eigenvalue weighted by atomic mass is 16.5. The van der Waals surface area contributed by atoms with Crippen molar-refractivity contribution in [2.75, 3.05) is 13.2 Å². The van der Waals surface area contributed by atoms with E-state index in [1.807, 2.05) is 56.3 Å². The van der Waals surface area contributed by atoms with Crippen LogP contribution in [0.5, 0.6) is 17.4 Å². The highest BCUT2D eigenvalue weighted by molar-refractivity contribution is 5.59. The van der Waals surface area contributed by atoms with Gasteiger partial charge in [-0.1, -0.05) is 24.3 Å². The summed E-state index contributed by atoms with van der Waals surface area (Å²) in [6.45, 7) is 4.05. The molecule has 160 valence electrons. The van der Waals surface area contributed by atoms with Crippen molar-refractivity contribution < 1.29 is 14.2 Å². The minimum Gasteiger partial charge on any atom is -0.490 e. The van der Waals surface area contributed by atoms with E-state index in [1.54, 1.807) is 16.8 Å². The molecule has 0 unspecified atom stereocenters. The number of ether oxygens (including phenoxy) is 3. The number of para-hydroxylation sites is 1. The van der Waals surface area contributed by atoms with Crippen LogP contribution in [0.1, 0.15) is 29.7 Å². The number of rotatable bonds is 6. The first-order valence-corrected chi connectivity index (χ1v) is 10.1. The molecule has 3 aromatic rings. The molecule has 32 heavy (non-hydrogen) atoms. The fraction of sp³-hybridized carbons (Fsp3) is 0.208. The molecule has 1 aliphatic heterocycles. The molecule has 0 spiro atoms. The lowest BCUT2D eigenvalue weighted by atomic mass is 9.84. The molecule has 0 radical (unpaired) electrons. The smallest absolute Gasteiger partial charge is 0.229 e. The molecule has 0 saturated heterocycles. The Morgan fingerprint density at radius 2 is 1.91 bits per heavy atom. The summed E-state index contributed by atoms with van der Waals surface area (Å²) in [5.41, 5.74) is 9.55. The second-order valence-corrected chi connectivity index (χ2v) is 7.06. The van der Waals surface area contributed by atoms with E-state index in [0.717, 1.165) is 22.5 Å². The molecule has 2 heterocycles. The predicted molar refractivity (Wildman–Crippen MR) is 116 cm³/mol. The van der Waals surface area contributed by atoms with Crippen LogP contribution in [-0.4, -0.2) is 23.0 Å². The van der Waals surface area contributed by atoms with Gasteiger partial charge in [0.1, 0.15) is 17.7 Å². The van der Waals surface area contributed by atoms with Crippen LogP contribution in [0, 0.1) is 29.6 Å². The number of allylic oxidation sites excluding steroid dienone is 1. The van der Waals surface area contributed by atoms with Crippen LogP contribution in [0.2, 0.25) is 0 Å². The highest BCUT2D eigenvalue weighted by Crippen LogP contribution is 2.46. The summed E-state index contributed by atoms with van der Waals surface area (Å²) >= 11 is 0. The normalized spacial score (nSPS) is 14.7. The highest BCUT2D eigenvalue weighted by Gasteiger charge is 2.36. The van der Waals surface area contributed by atoms with E-state index < -0.39 is 5.92 Å². The third-order valence-electron chi connectivity index (χ3n) is 5.13. The molecule has 8 nitrogen and oxygen atoms in total. The van der Waals surface area contributed by atoms with E-state index in [4.69, 9.17) is 25.2 Å². The second-order valence-electron chi connectivity index (χ2n) is 7.06. The van der Waals surface area contributed by atoms with Crippen molar-refractivity contribution in [3.8, 4) is 35.2 Å². The first-order valence-electron chi connectivity index (χ1n) is 10.1. The third-order valence-corrected chi connectivity index (χ3v) is 5.13. The van der Waals surface area contributed by atoms with Crippen LogP contribution < -0.4 is 19.9 Å². The summed E-state index contributed by atoms with van der Waals surface area (Å²) in [5.74, 6) is 0.946. The first-order chi connectivity index (χ1) is 15.6. The zero-order chi connectivity index (χ0) is 22.7. The summed E-state index contributed by atoms with van der Waals surface area (Å²) in [6, 6.07) is 19.1. The van der Waals surface area contributed by atoms with Gasteiger partial charge in [0.25, 0.3) is 0 Å². The Balaban J connectivity index is 1.88. The third kappa shape index (κ3) is 3.59. The summed E-state index contributed by atoms with van der Waals surface area (Å²) < 4.78 is 18.8. The van der Waals surface area contributed by atoms with Gasteiger partial charge in [0.05, 0.1) is 29.5 Å². The average molecular weight is 427 g/mol. The zero-order valence-electron chi connectivity index (χ0n) is 17.7. The molecule has 8 heteroatoms. The lowest BCUT2D eigenvalue weighted by molar-refractivity contribution is 0.298. The lowest BCUT2D eigenvalue weighted by Gasteiger charge is -2.25. The van der Waals surface area contributed by atoms with Crippen molar-refractivity contribution in [1.29, 1.82) is 10.5 Å². The minimum atomic E-state index is -0.495. The van der Waals surface area contributed by atoms with E-state index in [1.165, 1.54) is 0 Å². The summed E-state index contributed by atoms with van der Waals surface area (Å²) in [7, 11) is 0. The van der Waals surface area contributed by atoms with Crippen LogP contribution >= 0.6 is 0 Å². The summed E-state index contributed by atoms with van der Waals surface area (Å²) in [5, 5.41) is 23.4. The molecule has 0 bridgehead atoms. The molecule has 0 saturated carbocycles. The predicted octanol–water partition coefficient (Wildman–Crippen LogP) is 3.70. The number of aryl methyl sites for hydroxylation is 1. The van der Waals surface area contributed by atoms with Gasteiger partial charge in [-0.15, -0.1) is 0 Å². The molecular weight excluding hydrogens is 406 g/mol. The molecule has 0 amide bonds. The van der Waals surface area contributed by atoms with E-state index in [-0.39, 0.29) is 12.5 Å². The number of nitriles is 2. The Morgan fingerprint density at radius 3 is 2.59 bits per heavy atom. The molecule has 2 aromatic carbocycles. The van der Waals surface area contributed by atoms with Gasteiger partial charge in [-0.2, -0.15) is 15.6 Å². The van der Waals surface area contributed by atoms with E-state index in [9.17, 15) is 5.26 Å². The van der Waals surface area contributed by atoms with Gasteiger partial charge in [-0.05, 0) is 43.7 Å². The molecule has 1 atom stereocenters. The maximum atomic E-state index is 9.89. The summed E-state index contributed by atoms with van der Waals surface area (Å²) in [4.78, 5) is 0. The van der Waals surface area contributed by atoms with Gasteiger partial charge in [0.2, 0.25) is 11.8 Å². The fourth-order valence-corrected chi connectivity index (χ4v) is 3.79. The number of fused-ring (bicyclic) bond motifs is 1. The molecule has 2 N–H and O–H groups in total. The topological polar surface area (TPSA) is 119 Å². The van der Waals surface area contributed by atoms with Crippen LogP contribution in [0.25, 0.3) is 5.69 Å². The zero-order valence-corrected chi connectivity index (χ0v) is 17.7. The van der Waals surface area contributed by atoms with Gasteiger partial charge >= 0.3 is 0 Å². The maximum Gasteiger partial charge on any atom is 0.229 e. The van der Waals surface area contributed by atoms with Gasteiger partial charge in [0.15, 0.2) is 18.1 Å². The fourth-order valence-electron chi connectivity index (χ4n) is 3.79. The molecule has 1 aliphatic rings. The molecular formula is C24H21N5O3. The van der Waals surface area contributed by atoms with Gasteiger partial charge < -0.3 is 19.9 Å². The molecule has 4 rings (SSSR count). The number of aromatic nitrogens is 2. The Kier molecular flexibility index (Phi) is 5.69. The molecule has 0 fully saturated rings. The number of benzene rings is 2. The Bertz CT molecular complexity index is 1270. The number of nitrogens with two attached hydrogens (primary N) is 1. The van der Waals surface area contributed by atoms with Crippen LogP contribution in [0.4, 0.5) is 0 Å². The number of hydrogen-bond acceptors (Lipinski definition) is 7. The minimum absolute atomic E-state index is 0.0323. The quantitative estimate of drug-likeness (QED) is 0.637. The monoisotopic (exact) mass is 427 g/mol. The maximum absolute atomic E-state index is 9.89. The number of nitrogens with zero attached hydrogens (tertiary/aromatic N) is 4. The van der Waals surface area contributed by atoms with E-state index in [2.05, 4.69) is 11.2 Å². The van der Waals surface area contributed by atoms with E-state index in [0.29, 0.717) is 29.6 Å². The average Bonchev–Trinajstić information content (AvgIpc) is 3.13. The van der Waals surface area contributed by atoms with Crippen molar-refractivity contribution in [3.05, 3.63) is 76.8 Å². The number of hydrogen-bond donors (Lipinski definition) is 1. The van der Waals surface area contributed by atoms with Crippen molar-refractivity contribution in [2.24, 2.45) is 5.73 Å². The Hall–Kier alpha value is -4.43. The summed E-state index contributed by atoms with van der Waals surface area (Å²) in [6.07, 6.45) is 0. The first kappa shape index (κ1) is 20.8. The van der Waals surface area contributed by atoms with Crippen molar-refractivity contribution in [3.63, 3.8) is 0 Å². The van der Waals surface area contributed by atoms with Crippen LogP contribution in [0.15, 0.2) is 60.0 Å². The largest absolute Gasteiger partial charge is 0.490 e. The van der Waals surface area contributed by atoms with Crippen LogP contribution in [0.3, 0.4) is 0 Å². The Labute approximate surface area is 185 Å². The van der Waals surface area contributed by atoms with Crippen molar-refractivity contribution >= 4 is 0 Å². The van der Waals surface area contributed by atoms with Gasteiger partial charge in [0, 0.05) is 0 Å². The van der Waals surface area contributed by atoms with Gasteiger partial charge in [-0.3, -0.25) is 0 Å². The second kappa shape index (κ2) is 8.75.